The Balaban J connectivity index is 2.74. The average Bonchev–Trinajstić information content (AvgIpc) is 2.06. The topological polar surface area (TPSA) is 47.0 Å². The first-order valence-corrected chi connectivity index (χ1v) is 3.49. The van der Waals surface area contributed by atoms with Gasteiger partial charge in [0.15, 0.2) is 0 Å². The van der Waals surface area contributed by atoms with Gasteiger partial charge in [0, 0.05) is 13.1 Å². The van der Waals surface area contributed by atoms with Crippen LogP contribution in [0, 0.1) is 0 Å². The summed E-state index contributed by atoms with van der Waals surface area (Å²) in [6.45, 7) is 2.54. The van der Waals surface area contributed by atoms with E-state index in [1.165, 1.54) is 6.33 Å². The molecule has 1 rings (SSSR count). The van der Waals surface area contributed by atoms with Crippen molar-refractivity contribution in [2.75, 3.05) is 19.0 Å². The van der Waals surface area contributed by atoms with Gasteiger partial charge in [-0.3, -0.25) is 0 Å². The fourth-order valence-electron chi connectivity index (χ4n) is 0.703. The van der Waals surface area contributed by atoms with E-state index >= 15 is 0 Å². The second-order valence-electron chi connectivity index (χ2n) is 1.92. The summed E-state index contributed by atoms with van der Waals surface area (Å²) in [7, 11) is 1.80. The van der Waals surface area contributed by atoms with Gasteiger partial charge in [-0.25, -0.2) is 9.97 Å². The third-order valence-electron chi connectivity index (χ3n) is 1.19. The number of anilines is 1. The van der Waals surface area contributed by atoms with E-state index in [1.54, 1.807) is 13.1 Å². The first-order valence-electron chi connectivity index (χ1n) is 3.49. The molecule has 0 fully saturated rings. The van der Waals surface area contributed by atoms with Crippen molar-refractivity contribution in [3.05, 3.63) is 12.4 Å². The highest BCUT2D eigenvalue weighted by atomic mass is 16.5. The summed E-state index contributed by atoms with van der Waals surface area (Å²) in [5.74, 6) is 1.37. The number of hydrogen-bond donors (Lipinski definition) is 1. The van der Waals surface area contributed by atoms with Gasteiger partial charge < -0.3 is 10.1 Å². The van der Waals surface area contributed by atoms with Crippen molar-refractivity contribution < 1.29 is 4.74 Å². The SMILES string of the molecule is CCOc1cc(NC)ncn1. The minimum absolute atomic E-state index is 0.604. The fraction of sp³-hybridized carbons (Fsp3) is 0.429. The van der Waals surface area contributed by atoms with Crippen LogP contribution in [-0.4, -0.2) is 23.6 Å². The maximum absolute atomic E-state index is 5.16. The molecule has 1 aromatic rings. The number of ether oxygens (including phenoxy) is 1. The van der Waals surface area contributed by atoms with E-state index in [1.807, 2.05) is 6.92 Å². The smallest absolute Gasteiger partial charge is 0.218 e. The van der Waals surface area contributed by atoms with Crippen LogP contribution in [0.15, 0.2) is 12.4 Å². The highest BCUT2D eigenvalue weighted by Crippen LogP contribution is 2.09. The minimum Gasteiger partial charge on any atom is -0.478 e. The van der Waals surface area contributed by atoms with Gasteiger partial charge in [0.2, 0.25) is 5.88 Å². The molecule has 11 heavy (non-hydrogen) atoms. The summed E-state index contributed by atoms with van der Waals surface area (Å²) in [4.78, 5) is 7.84. The molecule has 0 bridgehead atoms. The third-order valence-corrected chi connectivity index (χ3v) is 1.19. The van der Waals surface area contributed by atoms with Gasteiger partial charge in [-0.2, -0.15) is 0 Å². The van der Waals surface area contributed by atoms with Crippen LogP contribution in [0.5, 0.6) is 5.88 Å². The summed E-state index contributed by atoms with van der Waals surface area (Å²) in [5, 5.41) is 2.89. The standard InChI is InChI=1S/C7H11N3O/c1-3-11-7-4-6(8-2)9-5-10-7/h4-5H,3H2,1-2H3,(H,8,9,10). The number of aromatic nitrogens is 2. The van der Waals surface area contributed by atoms with Crippen molar-refractivity contribution in [2.45, 2.75) is 6.92 Å². The Morgan fingerprint density at radius 3 is 3.00 bits per heavy atom. The molecule has 1 aromatic heterocycles. The molecule has 4 heteroatoms. The van der Waals surface area contributed by atoms with Crippen LogP contribution in [0.25, 0.3) is 0 Å². The number of nitrogens with zero attached hydrogens (tertiary/aromatic N) is 2. The summed E-state index contributed by atoms with van der Waals surface area (Å²) in [6, 6.07) is 1.75. The van der Waals surface area contributed by atoms with E-state index in [0.717, 1.165) is 5.82 Å². The molecule has 0 aromatic carbocycles. The van der Waals surface area contributed by atoms with Crippen LogP contribution in [0.4, 0.5) is 5.82 Å². The van der Waals surface area contributed by atoms with E-state index in [4.69, 9.17) is 4.74 Å². The molecule has 0 aliphatic rings. The summed E-state index contributed by atoms with van der Waals surface area (Å²) < 4.78 is 5.16. The summed E-state index contributed by atoms with van der Waals surface area (Å²) in [5.41, 5.74) is 0. The molecule has 0 saturated heterocycles. The Kier molecular flexibility index (Phi) is 2.66. The predicted molar refractivity (Wildman–Crippen MR) is 42.7 cm³/mol. The highest BCUT2D eigenvalue weighted by molar-refractivity contribution is 5.35. The molecule has 1 N–H and O–H groups in total. The Morgan fingerprint density at radius 2 is 2.36 bits per heavy atom. The third kappa shape index (κ3) is 2.07. The van der Waals surface area contributed by atoms with Gasteiger partial charge in [0.25, 0.3) is 0 Å². The lowest BCUT2D eigenvalue weighted by molar-refractivity contribution is 0.326. The van der Waals surface area contributed by atoms with Gasteiger partial charge >= 0.3 is 0 Å². The van der Waals surface area contributed by atoms with E-state index in [9.17, 15) is 0 Å². The molecule has 0 atom stereocenters. The lowest BCUT2D eigenvalue weighted by atomic mass is 10.5. The van der Waals surface area contributed by atoms with Crippen LogP contribution in [0.2, 0.25) is 0 Å². The molecule has 60 valence electrons. The van der Waals surface area contributed by atoms with E-state index in [-0.39, 0.29) is 0 Å². The zero-order valence-electron chi connectivity index (χ0n) is 6.66. The number of rotatable bonds is 3. The van der Waals surface area contributed by atoms with Crippen LogP contribution >= 0.6 is 0 Å². The molecule has 0 saturated carbocycles. The highest BCUT2D eigenvalue weighted by Gasteiger charge is 1.94. The lowest BCUT2D eigenvalue weighted by Gasteiger charge is -2.02. The van der Waals surface area contributed by atoms with Crippen LogP contribution in [0.1, 0.15) is 6.92 Å². The van der Waals surface area contributed by atoms with Crippen molar-refractivity contribution in [2.24, 2.45) is 0 Å². The molecule has 0 unspecified atom stereocenters. The Hall–Kier alpha value is -1.32. The molecule has 4 nitrogen and oxygen atoms in total. The average molecular weight is 153 g/mol. The second-order valence-corrected chi connectivity index (χ2v) is 1.92. The van der Waals surface area contributed by atoms with Crippen LogP contribution < -0.4 is 10.1 Å². The maximum Gasteiger partial charge on any atom is 0.218 e. The minimum atomic E-state index is 0.604. The first-order chi connectivity index (χ1) is 5.36. The van der Waals surface area contributed by atoms with Crippen LogP contribution in [-0.2, 0) is 0 Å². The summed E-state index contributed by atoms with van der Waals surface area (Å²) in [6.07, 6.45) is 1.47. The van der Waals surface area contributed by atoms with Gasteiger partial charge in [0.1, 0.15) is 12.1 Å². The number of nitrogens with one attached hydrogen (secondary N) is 1. The largest absolute Gasteiger partial charge is 0.478 e. The Bertz CT molecular complexity index is 227. The zero-order chi connectivity index (χ0) is 8.10. The maximum atomic E-state index is 5.16. The molecule has 1 heterocycles. The Labute approximate surface area is 65.6 Å². The van der Waals surface area contributed by atoms with Crippen molar-refractivity contribution in [1.82, 2.24) is 9.97 Å². The first kappa shape index (κ1) is 7.78. The lowest BCUT2D eigenvalue weighted by Crippen LogP contribution is -1.97. The molecule has 0 aliphatic carbocycles. The van der Waals surface area contributed by atoms with Gasteiger partial charge in [-0.05, 0) is 6.92 Å². The predicted octanol–water partition coefficient (Wildman–Crippen LogP) is 0.917. The summed E-state index contributed by atoms with van der Waals surface area (Å²) >= 11 is 0. The van der Waals surface area contributed by atoms with Gasteiger partial charge in [-0.1, -0.05) is 0 Å². The molecule has 0 spiro atoms. The van der Waals surface area contributed by atoms with E-state index < -0.39 is 0 Å². The van der Waals surface area contributed by atoms with E-state index in [2.05, 4.69) is 15.3 Å². The van der Waals surface area contributed by atoms with Crippen molar-refractivity contribution in [1.29, 1.82) is 0 Å². The molecular formula is C7H11N3O. The Morgan fingerprint density at radius 1 is 1.55 bits per heavy atom. The zero-order valence-corrected chi connectivity index (χ0v) is 6.66. The van der Waals surface area contributed by atoms with Crippen molar-refractivity contribution >= 4 is 5.82 Å². The number of hydrogen-bond acceptors (Lipinski definition) is 4. The van der Waals surface area contributed by atoms with Crippen molar-refractivity contribution in [3.8, 4) is 5.88 Å². The molecule has 0 aliphatic heterocycles. The molecular weight excluding hydrogens is 142 g/mol. The monoisotopic (exact) mass is 153 g/mol. The van der Waals surface area contributed by atoms with Gasteiger partial charge in [0.05, 0.1) is 6.61 Å². The van der Waals surface area contributed by atoms with E-state index in [0.29, 0.717) is 12.5 Å². The van der Waals surface area contributed by atoms with Crippen molar-refractivity contribution in [3.63, 3.8) is 0 Å². The molecule has 0 amide bonds. The van der Waals surface area contributed by atoms with Gasteiger partial charge in [-0.15, -0.1) is 0 Å². The second kappa shape index (κ2) is 3.75. The molecule has 0 radical (unpaired) electrons. The fourth-order valence-corrected chi connectivity index (χ4v) is 0.703. The quantitative estimate of drug-likeness (QED) is 0.701. The normalized spacial score (nSPS) is 9.27. The van der Waals surface area contributed by atoms with Crippen LogP contribution in [0.3, 0.4) is 0 Å².